The molecule has 102 valence electrons. The molecule has 1 aromatic rings. The van der Waals surface area contributed by atoms with Gasteiger partial charge in [-0.1, -0.05) is 45.0 Å². The van der Waals surface area contributed by atoms with Crippen molar-refractivity contribution in [2.45, 2.75) is 27.3 Å². The van der Waals surface area contributed by atoms with Gasteiger partial charge in [0, 0.05) is 18.0 Å². The van der Waals surface area contributed by atoms with Crippen LogP contribution in [0.1, 0.15) is 31.9 Å². The minimum atomic E-state index is -0.971. The molecule has 0 aliphatic heterocycles. The number of carbonyl (C=O) groups is 2. The number of carboxylic acid groups (broad SMARTS) is 1. The molecule has 1 aromatic carbocycles. The zero-order chi connectivity index (χ0) is 14.5. The average molecular weight is 261 g/mol. The number of hydrogen-bond donors (Lipinski definition) is 2. The van der Waals surface area contributed by atoms with Crippen LogP contribution >= 0.6 is 0 Å². The van der Waals surface area contributed by atoms with Gasteiger partial charge >= 0.3 is 5.97 Å². The first kappa shape index (κ1) is 15.0. The third kappa shape index (κ3) is 5.38. The lowest BCUT2D eigenvalue weighted by Gasteiger charge is -2.17. The second-order valence-electron chi connectivity index (χ2n) is 5.35. The van der Waals surface area contributed by atoms with Crippen molar-refractivity contribution in [3.8, 4) is 0 Å². The largest absolute Gasteiger partial charge is 0.478 e. The van der Waals surface area contributed by atoms with E-state index in [2.05, 4.69) is 5.32 Å². The predicted molar refractivity (Wildman–Crippen MR) is 74.4 cm³/mol. The van der Waals surface area contributed by atoms with Gasteiger partial charge in [-0.15, -0.1) is 0 Å². The molecule has 0 aliphatic carbocycles. The number of rotatable bonds is 4. The van der Waals surface area contributed by atoms with E-state index in [-0.39, 0.29) is 5.91 Å². The highest BCUT2D eigenvalue weighted by atomic mass is 16.4. The Morgan fingerprint density at radius 2 is 1.79 bits per heavy atom. The zero-order valence-electron chi connectivity index (χ0n) is 11.4. The highest BCUT2D eigenvalue weighted by Crippen LogP contribution is 2.13. The summed E-state index contributed by atoms with van der Waals surface area (Å²) in [6.45, 7) is 6.06. The van der Waals surface area contributed by atoms with Gasteiger partial charge in [0.25, 0.3) is 0 Å². The zero-order valence-corrected chi connectivity index (χ0v) is 11.4. The van der Waals surface area contributed by atoms with Gasteiger partial charge in [-0.05, 0) is 17.2 Å². The Balaban J connectivity index is 2.58. The first-order valence-electron chi connectivity index (χ1n) is 6.07. The van der Waals surface area contributed by atoms with Crippen molar-refractivity contribution in [3.63, 3.8) is 0 Å². The van der Waals surface area contributed by atoms with Crippen LogP contribution < -0.4 is 5.32 Å². The second kappa shape index (κ2) is 6.18. The number of benzene rings is 1. The van der Waals surface area contributed by atoms with E-state index in [0.29, 0.717) is 6.54 Å². The van der Waals surface area contributed by atoms with E-state index in [4.69, 9.17) is 5.11 Å². The molecule has 4 nitrogen and oxygen atoms in total. The van der Waals surface area contributed by atoms with Gasteiger partial charge in [-0.3, -0.25) is 4.79 Å². The topological polar surface area (TPSA) is 66.4 Å². The number of nitrogens with one attached hydrogen (secondary N) is 1. The summed E-state index contributed by atoms with van der Waals surface area (Å²) in [6, 6.07) is 7.37. The van der Waals surface area contributed by atoms with Crippen LogP contribution in [-0.2, 0) is 16.1 Å². The highest BCUT2D eigenvalue weighted by Gasteiger charge is 2.20. The Morgan fingerprint density at radius 3 is 2.26 bits per heavy atom. The van der Waals surface area contributed by atoms with Gasteiger partial charge in [0.05, 0.1) is 0 Å². The first-order valence-corrected chi connectivity index (χ1v) is 6.07. The van der Waals surface area contributed by atoms with Crippen molar-refractivity contribution in [2.24, 2.45) is 5.41 Å². The van der Waals surface area contributed by atoms with E-state index in [9.17, 15) is 9.59 Å². The van der Waals surface area contributed by atoms with Crippen LogP contribution in [0.4, 0.5) is 0 Å². The maximum absolute atomic E-state index is 11.7. The fourth-order valence-electron chi connectivity index (χ4n) is 1.36. The summed E-state index contributed by atoms with van der Waals surface area (Å²) in [5, 5.41) is 11.4. The maximum Gasteiger partial charge on any atom is 0.328 e. The smallest absolute Gasteiger partial charge is 0.328 e. The van der Waals surface area contributed by atoms with Crippen molar-refractivity contribution in [2.75, 3.05) is 0 Å². The summed E-state index contributed by atoms with van der Waals surface area (Å²) in [5.74, 6) is -0.969. The monoisotopic (exact) mass is 261 g/mol. The molecule has 0 radical (unpaired) electrons. The Labute approximate surface area is 113 Å². The summed E-state index contributed by atoms with van der Waals surface area (Å²) >= 11 is 0. The van der Waals surface area contributed by atoms with Crippen molar-refractivity contribution in [3.05, 3.63) is 41.5 Å². The molecule has 0 fully saturated rings. The molecule has 1 amide bonds. The Kier molecular flexibility index (Phi) is 4.87. The van der Waals surface area contributed by atoms with Crippen molar-refractivity contribution in [1.82, 2.24) is 5.32 Å². The van der Waals surface area contributed by atoms with Crippen LogP contribution in [0.15, 0.2) is 30.3 Å². The molecule has 19 heavy (non-hydrogen) atoms. The molecular formula is C15H19NO3. The quantitative estimate of drug-likeness (QED) is 0.818. The first-order chi connectivity index (χ1) is 8.79. The van der Waals surface area contributed by atoms with Crippen LogP contribution in [0.3, 0.4) is 0 Å². The van der Waals surface area contributed by atoms with E-state index in [1.54, 1.807) is 0 Å². The van der Waals surface area contributed by atoms with Crippen molar-refractivity contribution in [1.29, 1.82) is 0 Å². The van der Waals surface area contributed by atoms with Gasteiger partial charge in [0.15, 0.2) is 0 Å². The minimum Gasteiger partial charge on any atom is -0.478 e. The fraction of sp³-hybridized carbons (Fsp3) is 0.333. The van der Waals surface area contributed by atoms with E-state index in [1.165, 1.54) is 6.08 Å². The molecule has 0 saturated carbocycles. The van der Waals surface area contributed by atoms with E-state index < -0.39 is 11.4 Å². The number of amides is 1. The molecule has 0 unspecified atom stereocenters. The Morgan fingerprint density at radius 1 is 1.21 bits per heavy atom. The SMILES string of the molecule is CC(C)(C)C(=O)NCc1ccc(C=CC(=O)O)cc1. The Bertz CT molecular complexity index is 481. The number of aliphatic carboxylic acids is 1. The number of carboxylic acids is 1. The maximum atomic E-state index is 11.7. The van der Waals surface area contributed by atoms with Gasteiger partial charge in [0.2, 0.25) is 5.91 Å². The lowest BCUT2D eigenvalue weighted by Crippen LogP contribution is -2.34. The molecule has 1 rings (SSSR count). The fourth-order valence-corrected chi connectivity index (χ4v) is 1.36. The van der Waals surface area contributed by atoms with Crippen LogP contribution in [0.25, 0.3) is 6.08 Å². The van der Waals surface area contributed by atoms with Gasteiger partial charge in [-0.25, -0.2) is 4.79 Å². The van der Waals surface area contributed by atoms with E-state index in [0.717, 1.165) is 17.2 Å². The molecule has 0 aromatic heterocycles. The number of carbonyl (C=O) groups excluding carboxylic acids is 1. The van der Waals surface area contributed by atoms with Gasteiger partial charge in [-0.2, -0.15) is 0 Å². The molecule has 0 bridgehead atoms. The van der Waals surface area contributed by atoms with Crippen LogP contribution in [0.2, 0.25) is 0 Å². The normalized spacial score (nSPS) is 11.5. The van der Waals surface area contributed by atoms with Crippen molar-refractivity contribution < 1.29 is 14.7 Å². The van der Waals surface area contributed by atoms with Crippen LogP contribution in [0, 0.1) is 5.41 Å². The predicted octanol–water partition coefficient (Wildman–Crippen LogP) is 2.45. The van der Waals surface area contributed by atoms with Gasteiger partial charge < -0.3 is 10.4 Å². The van der Waals surface area contributed by atoms with Crippen LogP contribution in [0.5, 0.6) is 0 Å². The van der Waals surface area contributed by atoms with Gasteiger partial charge in [0.1, 0.15) is 0 Å². The molecule has 2 N–H and O–H groups in total. The number of hydrogen-bond acceptors (Lipinski definition) is 2. The molecule has 0 heterocycles. The summed E-state index contributed by atoms with van der Waals surface area (Å²) in [5.41, 5.74) is 1.39. The summed E-state index contributed by atoms with van der Waals surface area (Å²) in [7, 11) is 0. The molecule has 0 atom stereocenters. The molecule has 0 aliphatic rings. The lowest BCUT2D eigenvalue weighted by atomic mass is 9.95. The van der Waals surface area contributed by atoms with Crippen molar-refractivity contribution >= 4 is 18.0 Å². The Hall–Kier alpha value is -2.10. The molecule has 4 heteroatoms. The third-order valence-corrected chi connectivity index (χ3v) is 2.53. The average Bonchev–Trinajstić information content (AvgIpc) is 2.33. The van der Waals surface area contributed by atoms with Crippen LogP contribution in [-0.4, -0.2) is 17.0 Å². The summed E-state index contributed by atoms with van der Waals surface area (Å²) in [4.78, 5) is 22.1. The lowest BCUT2D eigenvalue weighted by molar-refractivity contribution is -0.131. The summed E-state index contributed by atoms with van der Waals surface area (Å²) < 4.78 is 0. The highest BCUT2D eigenvalue weighted by molar-refractivity contribution is 5.85. The van der Waals surface area contributed by atoms with E-state index >= 15 is 0 Å². The van der Waals surface area contributed by atoms with E-state index in [1.807, 2.05) is 45.0 Å². The standard InChI is InChI=1S/C15H19NO3/c1-15(2,3)14(19)16-10-12-6-4-11(5-7-12)8-9-13(17)18/h4-9H,10H2,1-3H3,(H,16,19)(H,17,18). The third-order valence-electron chi connectivity index (χ3n) is 2.53. The molecule has 0 saturated heterocycles. The molecular weight excluding hydrogens is 242 g/mol. The minimum absolute atomic E-state index is 0.00218. The second-order valence-corrected chi connectivity index (χ2v) is 5.35. The molecule has 0 spiro atoms. The summed E-state index contributed by atoms with van der Waals surface area (Å²) in [6.07, 6.45) is 2.62.